The van der Waals surface area contributed by atoms with E-state index in [0.717, 1.165) is 11.0 Å². The molecule has 110 valence electrons. The number of nitrogens with zero attached hydrogens (tertiary/aromatic N) is 1. The number of aryl methyl sites for hydroxylation is 1. The first kappa shape index (κ1) is 13.7. The highest BCUT2D eigenvalue weighted by molar-refractivity contribution is 6.21. The van der Waals surface area contributed by atoms with Gasteiger partial charge in [-0.05, 0) is 31.0 Å². The van der Waals surface area contributed by atoms with Crippen molar-refractivity contribution in [3.8, 4) is 0 Å². The molecule has 0 spiro atoms. The molecule has 21 heavy (non-hydrogen) atoms. The van der Waals surface area contributed by atoms with E-state index in [1.807, 2.05) is 0 Å². The number of rotatable bonds is 1. The molecule has 1 saturated heterocycles. The number of aliphatic hydroxyl groups excluding tert-OH is 1. The highest BCUT2D eigenvalue weighted by Gasteiger charge is 2.44. The van der Waals surface area contributed by atoms with Gasteiger partial charge in [0.05, 0.1) is 17.2 Å². The Hall–Kier alpha value is -2.28. The number of hydrogen-bond donors (Lipinski definition) is 2. The second-order valence-corrected chi connectivity index (χ2v) is 5.25. The molecule has 1 fully saturated rings. The molecule has 2 aliphatic rings. The summed E-state index contributed by atoms with van der Waals surface area (Å²) in [5, 5.41) is 12.2. The molecule has 0 bridgehead atoms. The minimum Gasteiger partial charge on any atom is -0.372 e. The summed E-state index contributed by atoms with van der Waals surface area (Å²) in [6, 6.07) is 1.54. The molecular weight excluding hydrogens is 279 g/mol. The first-order valence-electron chi connectivity index (χ1n) is 6.55. The summed E-state index contributed by atoms with van der Waals surface area (Å²) in [5.74, 6) is -2.11. The van der Waals surface area contributed by atoms with Gasteiger partial charge in [0.25, 0.3) is 11.8 Å². The van der Waals surface area contributed by atoms with Crippen LogP contribution in [0.15, 0.2) is 12.1 Å². The number of fused-ring (bicyclic) bond motifs is 1. The molecule has 3 amide bonds. The van der Waals surface area contributed by atoms with E-state index in [9.17, 15) is 23.9 Å². The molecule has 2 N–H and O–H groups in total. The Labute approximate surface area is 119 Å². The Morgan fingerprint density at radius 3 is 2.48 bits per heavy atom. The van der Waals surface area contributed by atoms with E-state index in [0.29, 0.717) is 0 Å². The average molecular weight is 292 g/mol. The van der Waals surface area contributed by atoms with E-state index in [4.69, 9.17) is 0 Å². The summed E-state index contributed by atoms with van der Waals surface area (Å²) < 4.78 is 13.6. The zero-order valence-electron chi connectivity index (χ0n) is 11.2. The summed E-state index contributed by atoms with van der Waals surface area (Å²) in [7, 11) is 0. The van der Waals surface area contributed by atoms with Gasteiger partial charge in [0.15, 0.2) is 0 Å². The molecule has 2 atom stereocenters. The number of carbonyl (C=O) groups is 3. The lowest BCUT2D eigenvalue weighted by Crippen LogP contribution is -2.57. The van der Waals surface area contributed by atoms with Gasteiger partial charge in [0.2, 0.25) is 5.91 Å². The first-order chi connectivity index (χ1) is 9.90. The van der Waals surface area contributed by atoms with Crippen LogP contribution in [0.5, 0.6) is 0 Å². The number of carbonyl (C=O) groups excluding carboxylic acids is 3. The summed E-state index contributed by atoms with van der Waals surface area (Å²) in [4.78, 5) is 36.8. The Morgan fingerprint density at radius 2 is 1.86 bits per heavy atom. The standard InChI is InChI=1S/C14H13FN2O4/c1-6-4-7-8(5-9(6)15)14(21)17(13(7)20)10-2-3-11(18)16-12(10)19/h4-5,10,12,19H,2-3H2,1H3,(H,16,18). The third-order valence-corrected chi connectivity index (χ3v) is 3.87. The first-order valence-corrected chi connectivity index (χ1v) is 6.55. The van der Waals surface area contributed by atoms with Crippen molar-refractivity contribution >= 4 is 17.7 Å². The second kappa shape index (κ2) is 4.63. The predicted molar refractivity (Wildman–Crippen MR) is 68.8 cm³/mol. The summed E-state index contributed by atoms with van der Waals surface area (Å²) in [6.07, 6.45) is -1.01. The van der Waals surface area contributed by atoms with Crippen LogP contribution in [-0.2, 0) is 4.79 Å². The van der Waals surface area contributed by atoms with E-state index in [2.05, 4.69) is 5.32 Å². The fraction of sp³-hybridized carbons (Fsp3) is 0.357. The molecular formula is C14H13FN2O4. The van der Waals surface area contributed by atoms with Crippen molar-refractivity contribution in [1.82, 2.24) is 10.2 Å². The molecule has 2 heterocycles. The molecule has 2 aliphatic heterocycles. The van der Waals surface area contributed by atoms with E-state index in [1.165, 1.54) is 13.0 Å². The van der Waals surface area contributed by atoms with Gasteiger partial charge in [-0.1, -0.05) is 0 Å². The van der Waals surface area contributed by atoms with Crippen molar-refractivity contribution in [3.63, 3.8) is 0 Å². The summed E-state index contributed by atoms with van der Waals surface area (Å²) in [6.45, 7) is 1.51. The topological polar surface area (TPSA) is 86.7 Å². The number of amides is 3. The maximum atomic E-state index is 13.6. The van der Waals surface area contributed by atoms with Crippen molar-refractivity contribution in [3.05, 3.63) is 34.6 Å². The minimum atomic E-state index is -1.31. The molecule has 3 rings (SSSR count). The highest BCUT2D eigenvalue weighted by atomic mass is 19.1. The van der Waals surface area contributed by atoms with E-state index in [1.54, 1.807) is 0 Å². The van der Waals surface area contributed by atoms with Crippen LogP contribution in [0.1, 0.15) is 39.1 Å². The Kier molecular flexibility index (Phi) is 3.02. The third-order valence-electron chi connectivity index (χ3n) is 3.87. The van der Waals surface area contributed by atoms with Crippen LogP contribution in [0.2, 0.25) is 0 Å². The smallest absolute Gasteiger partial charge is 0.262 e. The fourth-order valence-corrected chi connectivity index (χ4v) is 2.73. The molecule has 0 saturated carbocycles. The van der Waals surface area contributed by atoms with Gasteiger partial charge >= 0.3 is 0 Å². The minimum absolute atomic E-state index is 0.00722. The maximum absolute atomic E-state index is 13.6. The van der Waals surface area contributed by atoms with Crippen LogP contribution in [0.3, 0.4) is 0 Å². The Morgan fingerprint density at radius 1 is 1.24 bits per heavy atom. The van der Waals surface area contributed by atoms with Gasteiger partial charge in [0.1, 0.15) is 12.0 Å². The lowest BCUT2D eigenvalue weighted by molar-refractivity contribution is -0.129. The van der Waals surface area contributed by atoms with Crippen molar-refractivity contribution < 1.29 is 23.9 Å². The lowest BCUT2D eigenvalue weighted by atomic mass is 10.0. The van der Waals surface area contributed by atoms with Crippen LogP contribution in [-0.4, -0.2) is 40.0 Å². The number of hydrogen-bond acceptors (Lipinski definition) is 4. The Bertz CT molecular complexity index is 632. The monoisotopic (exact) mass is 292 g/mol. The average Bonchev–Trinajstić information content (AvgIpc) is 2.64. The normalized spacial score (nSPS) is 25.1. The molecule has 0 aromatic heterocycles. The number of imide groups is 1. The molecule has 0 aliphatic carbocycles. The van der Waals surface area contributed by atoms with Gasteiger partial charge in [-0.15, -0.1) is 0 Å². The van der Waals surface area contributed by atoms with Crippen LogP contribution < -0.4 is 5.32 Å². The number of nitrogens with one attached hydrogen (secondary N) is 1. The van der Waals surface area contributed by atoms with Gasteiger partial charge in [-0.2, -0.15) is 0 Å². The fourth-order valence-electron chi connectivity index (χ4n) is 2.73. The highest BCUT2D eigenvalue weighted by Crippen LogP contribution is 2.30. The van der Waals surface area contributed by atoms with Crippen LogP contribution in [0.4, 0.5) is 4.39 Å². The lowest BCUT2D eigenvalue weighted by Gasteiger charge is -2.33. The molecule has 7 heteroatoms. The summed E-state index contributed by atoms with van der Waals surface area (Å²) in [5.41, 5.74) is 0.393. The molecule has 1 aromatic carbocycles. The van der Waals surface area contributed by atoms with Gasteiger partial charge in [-0.3, -0.25) is 19.3 Å². The molecule has 2 unspecified atom stereocenters. The second-order valence-electron chi connectivity index (χ2n) is 5.25. The van der Waals surface area contributed by atoms with Crippen LogP contribution >= 0.6 is 0 Å². The van der Waals surface area contributed by atoms with Gasteiger partial charge in [0, 0.05) is 6.42 Å². The zero-order valence-corrected chi connectivity index (χ0v) is 11.2. The molecule has 0 radical (unpaired) electrons. The number of aliphatic hydroxyl groups is 1. The van der Waals surface area contributed by atoms with Gasteiger partial charge < -0.3 is 10.4 Å². The van der Waals surface area contributed by atoms with E-state index in [-0.39, 0.29) is 35.4 Å². The van der Waals surface area contributed by atoms with E-state index >= 15 is 0 Å². The van der Waals surface area contributed by atoms with Crippen LogP contribution in [0.25, 0.3) is 0 Å². The Balaban J connectivity index is 1.98. The van der Waals surface area contributed by atoms with Crippen molar-refractivity contribution in [2.24, 2.45) is 0 Å². The van der Waals surface area contributed by atoms with Crippen molar-refractivity contribution in [2.75, 3.05) is 0 Å². The number of halogens is 1. The quantitative estimate of drug-likeness (QED) is 0.730. The van der Waals surface area contributed by atoms with Gasteiger partial charge in [-0.25, -0.2) is 4.39 Å². The van der Waals surface area contributed by atoms with Crippen molar-refractivity contribution in [1.29, 1.82) is 0 Å². The molecule has 6 nitrogen and oxygen atoms in total. The number of piperidine rings is 1. The van der Waals surface area contributed by atoms with E-state index < -0.39 is 29.9 Å². The van der Waals surface area contributed by atoms with Crippen LogP contribution in [0, 0.1) is 12.7 Å². The van der Waals surface area contributed by atoms with Crippen molar-refractivity contribution in [2.45, 2.75) is 32.0 Å². The molecule has 1 aromatic rings. The zero-order chi connectivity index (χ0) is 15.3. The number of benzene rings is 1. The largest absolute Gasteiger partial charge is 0.372 e. The third kappa shape index (κ3) is 2.01. The predicted octanol–water partition coefficient (Wildman–Crippen LogP) is 0.327. The maximum Gasteiger partial charge on any atom is 0.262 e. The SMILES string of the molecule is Cc1cc2c(cc1F)C(=O)N(C1CCC(=O)NC1O)C2=O. The summed E-state index contributed by atoms with van der Waals surface area (Å²) >= 11 is 0.